The van der Waals surface area contributed by atoms with Crippen molar-refractivity contribution in [1.29, 1.82) is 0 Å². The first kappa shape index (κ1) is 10.5. The Balaban J connectivity index is 2.25. The minimum atomic E-state index is 0.723. The van der Waals surface area contributed by atoms with Crippen LogP contribution in [0.5, 0.6) is 0 Å². The molecule has 2 heteroatoms. The molecule has 0 aromatic heterocycles. The molecule has 1 aromatic rings. The molecule has 2 N–H and O–H groups in total. The van der Waals surface area contributed by atoms with Crippen molar-refractivity contribution in [3.63, 3.8) is 0 Å². The standard InChI is InChI=1S/C13H20N2/c1-15(14)13-10-6-5-9-12(13)11-7-3-2-4-8-11/h5-6,9-11H,2-4,7-8,14H2,1H3. The van der Waals surface area contributed by atoms with E-state index in [1.165, 1.54) is 43.4 Å². The highest BCUT2D eigenvalue weighted by atomic mass is 15.4. The monoisotopic (exact) mass is 204 g/mol. The number of hydrogen-bond donors (Lipinski definition) is 1. The van der Waals surface area contributed by atoms with Gasteiger partial charge in [-0.25, -0.2) is 5.84 Å². The second kappa shape index (κ2) is 4.67. The molecule has 1 aromatic carbocycles. The SMILES string of the molecule is CN(N)c1ccccc1C1CCCCC1. The average Bonchev–Trinajstić information content (AvgIpc) is 2.30. The van der Waals surface area contributed by atoms with Crippen LogP contribution < -0.4 is 10.9 Å². The molecule has 0 atom stereocenters. The van der Waals surface area contributed by atoms with Crippen molar-refractivity contribution in [2.45, 2.75) is 38.0 Å². The quantitative estimate of drug-likeness (QED) is 0.592. The van der Waals surface area contributed by atoms with E-state index in [-0.39, 0.29) is 0 Å². The molecule has 1 aliphatic rings. The molecule has 82 valence electrons. The smallest absolute Gasteiger partial charge is 0.0548 e. The summed E-state index contributed by atoms with van der Waals surface area (Å²) < 4.78 is 0. The maximum absolute atomic E-state index is 5.85. The molecule has 2 rings (SSSR count). The fourth-order valence-corrected chi connectivity index (χ4v) is 2.57. The molecule has 0 heterocycles. The fraction of sp³-hybridized carbons (Fsp3) is 0.538. The van der Waals surface area contributed by atoms with E-state index >= 15 is 0 Å². The topological polar surface area (TPSA) is 29.3 Å². The third-order valence-electron chi connectivity index (χ3n) is 3.36. The van der Waals surface area contributed by atoms with Crippen LogP contribution in [0.3, 0.4) is 0 Å². The number of hydrogen-bond acceptors (Lipinski definition) is 2. The van der Waals surface area contributed by atoms with Gasteiger partial charge in [-0.1, -0.05) is 37.5 Å². The molecule has 15 heavy (non-hydrogen) atoms. The maximum atomic E-state index is 5.85. The molecule has 0 aliphatic heterocycles. The van der Waals surface area contributed by atoms with E-state index in [0.717, 1.165) is 5.92 Å². The van der Waals surface area contributed by atoms with E-state index in [1.54, 1.807) is 5.01 Å². The third kappa shape index (κ3) is 2.32. The zero-order chi connectivity index (χ0) is 10.7. The maximum Gasteiger partial charge on any atom is 0.0548 e. The predicted octanol–water partition coefficient (Wildman–Crippen LogP) is 3.04. The van der Waals surface area contributed by atoms with Crippen LogP contribution in [-0.2, 0) is 0 Å². The van der Waals surface area contributed by atoms with Gasteiger partial charge in [-0.3, -0.25) is 0 Å². The molecule has 0 saturated heterocycles. The van der Waals surface area contributed by atoms with Crippen LogP contribution in [0.2, 0.25) is 0 Å². The normalized spacial score (nSPS) is 17.7. The minimum absolute atomic E-state index is 0.723. The lowest BCUT2D eigenvalue weighted by atomic mass is 9.83. The Bertz CT molecular complexity index is 314. The van der Waals surface area contributed by atoms with Crippen molar-refractivity contribution in [2.24, 2.45) is 5.84 Å². The van der Waals surface area contributed by atoms with Crippen LogP contribution >= 0.6 is 0 Å². The van der Waals surface area contributed by atoms with Crippen LogP contribution in [0.4, 0.5) is 5.69 Å². The van der Waals surface area contributed by atoms with E-state index in [0.29, 0.717) is 0 Å². The first-order valence-electron chi connectivity index (χ1n) is 5.86. The summed E-state index contributed by atoms with van der Waals surface area (Å²) in [4.78, 5) is 0. The van der Waals surface area contributed by atoms with Gasteiger partial charge in [-0.15, -0.1) is 0 Å². The van der Waals surface area contributed by atoms with Gasteiger partial charge in [0.2, 0.25) is 0 Å². The molecular weight excluding hydrogens is 184 g/mol. The third-order valence-corrected chi connectivity index (χ3v) is 3.36. The fourth-order valence-electron chi connectivity index (χ4n) is 2.57. The molecule has 1 saturated carbocycles. The van der Waals surface area contributed by atoms with Crippen LogP contribution in [0.25, 0.3) is 0 Å². The Kier molecular flexibility index (Phi) is 3.27. The minimum Gasteiger partial charge on any atom is -0.314 e. The Hall–Kier alpha value is -1.02. The molecule has 1 fully saturated rings. The number of hydrazine groups is 1. The van der Waals surface area contributed by atoms with E-state index in [9.17, 15) is 0 Å². The lowest BCUT2D eigenvalue weighted by molar-refractivity contribution is 0.443. The van der Waals surface area contributed by atoms with Crippen LogP contribution in [0.15, 0.2) is 24.3 Å². The first-order chi connectivity index (χ1) is 7.29. The zero-order valence-corrected chi connectivity index (χ0v) is 9.45. The molecule has 0 unspecified atom stereocenters. The number of rotatable bonds is 2. The number of benzene rings is 1. The molecule has 0 spiro atoms. The van der Waals surface area contributed by atoms with Crippen LogP contribution in [0.1, 0.15) is 43.6 Å². The Morgan fingerprint density at radius 2 is 1.80 bits per heavy atom. The molecular formula is C13H20N2. The molecule has 2 nitrogen and oxygen atoms in total. The van der Waals surface area contributed by atoms with E-state index < -0.39 is 0 Å². The van der Waals surface area contributed by atoms with Crippen molar-refractivity contribution >= 4 is 5.69 Å². The van der Waals surface area contributed by atoms with E-state index in [1.807, 2.05) is 7.05 Å². The lowest BCUT2D eigenvalue weighted by Crippen LogP contribution is -2.26. The summed E-state index contributed by atoms with van der Waals surface area (Å²) in [7, 11) is 1.92. The second-order valence-corrected chi connectivity index (χ2v) is 4.50. The predicted molar refractivity (Wildman–Crippen MR) is 64.9 cm³/mol. The van der Waals surface area contributed by atoms with Gasteiger partial charge in [-0.05, 0) is 30.4 Å². The van der Waals surface area contributed by atoms with E-state index in [4.69, 9.17) is 5.84 Å². The second-order valence-electron chi connectivity index (χ2n) is 4.50. The van der Waals surface area contributed by atoms with Crippen molar-refractivity contribution in [3.05, 3.63) is 29.8 Å². The van der Waals surface area contributed by atoms with Gasteiger partial charge in [0, 0.05) is 7.05 Å². The molecule has 1 aliphatic carbocycles. The summed E-state index contributed by atoms with van der Waals surface area (Å²) in [5.41, 5.74) is 2.62. The number of nitrogens with zero attached hydrogens (tertiary/aromatic N) is 1. The molecule has 0 bridgehead atoms. The van der Waals surface area contributed by atoms with Gasteiger partial charge in [0.25, 0.3) is 0 Å². The van der Waals surface area contributed by atoms with Gasteiger partial charge in [0.15, 0.2) is 0 Å². The lowest BCUT2D eigenvalue weighted by Gasteiger charge is -2.26. The van der Waals surface area contributed by atoms with Gasteiger partial charge in [0.05, 0.1) is 5.69 Å². The van der Waals surface area contributed by atoms with Crippen LogP contribution in [-0.4, -0.2) is 7.05 Å². The largest absolute Gasteiger partial charge is 0.314 e. The Labute approximate surface area is 92.1 Å². The molecule has 0 amide bonds. The van der Waals surface area contributed by atoms with Gasteiger partial charge >= 0.3 is 0 Å². The highest BCUT2D eigenvalue weighted by molar-refractivity contribution is 5.53. The first-order valence-corrected chi connectivity index (χ1v) is 5.86. The highest BCUT2D eigenvalue weighted by Gasteiger charge is 2.18. The number of nitrogens with two attached hydrogens (primary N) is 1. The Morgan fingerprint density at radius 1 is 1.13 bits per heavy atom. The summed E-state index contributed by atoms with van der Waals surface area (Å²) in [6.45, 7) is 0. The number of para-hydroxylation sites is 1. The van der Waals surface area contributed by atoms with Gasteiger partial charge in [-0.2, -0.15) is 0 Å². The summed E-state index contributed by atoms with van der Waals surface area (Å²) >= 11 is 0. The zero-order valence-electron chi connectivity index (χ0n) is 9.45. The molecule has 0 radical (unpaired) electrons. The highest BCUT2D eigenvalue weighted by Crippen LogP contribution is 2.36. The average molecular weight is 204 g/mol. The Morgan fingerprint density at radius 3 is 2.47 bits per heavy atom. The summed E-state index contributed by atoms with van der Waals surface area (Å²) in [5, 5.41) is 1.74. The summed E-state index contributed by atoms with van der Waals surface area (Å²) in [6, 6.07) is 8.53. The van der Waals surface area contributed by atoms with Crippen molar-refractivity contribution in [1.82, 2.24) is 0 Å². The van der Waals surface area contributed by atoms with Crippen molar-refractivity contribution < 1.29 is 0 Å². The van der Waals surface area contributed by atoms with Crippen molar-refractivity contribution in [3.8, 4) is 0 Å². The summed E-state index contributed by atoms with van der Waals surface area (Å²) in [6.07, 6.45) is 6.79. The van der Waals surface area contributed by atoms with E-state index in [2.05, 4.69) is 24.3 Å². The van der Waals surface area contributed by atoms with Gasteiger partial charge in [0.1, 0.15) is 0 Å². The summed E-state index contributed by atoms with van der Waals surface area (Å²) in [5.74, 6) is 6.58. The van der Waals surface area contributed by atoms with Gasteiger partial charge < -0.3 is 5.01 Å². The number of anilines is 1. The van der Waals surface area contributed by atoms with Crippen LogP contribution in [0, 0.1) is 0 Å². The van der Waals surface area contributed by atoms with Crippen molar-refractivity contribution in [2.75, 3.05) is 12.1 Å².